The molecule has 0 aromatic carbocycles. The van der Waals surface area contributed by atoms with E-state index in [1.807, 2.05) is 12.1 Å². The Labute approximate surface area is 94.7 Å². The third-order valence-electron chi connectivity index (χ3n) is 3.41. The van der Waals surface area contributed by atoms with Crippen molar-refractivity contribution < 1.29 is 0 Å². The molecule has 1 aliphatic heterocycles. The summed E-state index contributed by atoms with van der Waals surface area (Å²) in [6, 6.07) is 4.60. The first kappa shape index (κ1) is 9.78. The van der Waals surface area contributed by atoms with Crippen LogP contribution in [-0.4, -0.2) is 39.5 Å². The number of aromatic amines is 1. The number of fused-ring (bicyclic) bond motifs is 1. The molecule has 1 unspecified atom stereocenters. The molecule has 2 aromatic heterocycles. The predicted molar refractivity (Wildman–Crippen MR) is 63.2 cm³/mol. The van der Waals surface area contributed by atoms with E-state index >= 15 is 0 Å². The van der Waals surface area contributed by atoms with Gasteiger partial charge in [-0.25, -0.2) is 9.97 Å². The highest BCUT2D eigenvalue weighted by atomic mass is 15.1. The number of pyridine rings is 1. The van der Waals surface area contributed by atoms with Crippen molar-refractivity contribution in [1.29, 1.82) is 0 Å². The van der Waals surface area contributed by atoms with Crippen molar-refractivity contribution in [3.8, 4) is 0 Å². The van der Waals surface area contributed by atoms with Crippen molar-refractivity contribution >= 4 is 11.2 Å². The first-order chi connectivity index (χ1) is 7.83. The molecule has 1 fully saturated rings. The molecule has 1 aliphatic rings. The standard InChI is InChI=1S/C12H16N4/c1-16-7-3-4-9(16)8-11-14-10-5-2-6-13-12(10)15-11/h2,5-6,9H,3-4,7-8H2,1H3,(H,13,14,15). The van der Waals surface area contributed by atoms with Crippen LogP contribution in [-0.2, 0) is 6.42 Å². The fourth-order valence-corrected chi connectivity index (χ4v) is 2.45. The minimum atomic E-state index is 0.639. The molecule has 3 heterocycles. The van der Waals surface area contributed by atoms with Gasteiger partial charge in [0.05, 0.1) is 5.52 Å². The van der Waals surface area contributed by atoms with E-state index in [1.54, 1.807) is 6.20 Å². The molecule has 16 heavy (non-hydrogen) atoms. The van der Waals surface area contributed by atoms with E-state index in [2.05, 4.69) is 26.9 Å². The van der Waals surface area contributed by atoms with E-state index < -0.39 is 0 Å². The smallest absolute Gasteiger partial charge is 0.177 e. The highest BCUT2D eigenvalue weighted by molar-refractivity contribution is 5.69. The van der Waals surface area contributed by atoms with E-state index in [0.717, 1.165) is 23.4 Å². The van der Waals surface area contributed by atoms with Crippen molar-refractivity contribution in [1.82, 2.24) is 19.9 Å². The molecule has 4 nitrogen and oxygen atoms in total. The summed E-state index contributed by atoms with van der Waals surface area (Å²) in [4.78, 5) is 14.5. The van der Waals surface area contributed by atoms with E-state index in [0.29, 0.717) is 6.04 Å². The molecular weight excluding hydrogens is 200 g/mol. The van der Waals surface area contributed by atoms with Crippen molar-refractivity contribution in [2.45, 2.75) is 25.3 Å². The molecule has 0 aliphatic carbocycles. The van der Waals surface area contributed by atoms with Crippen LogP contribution in [0.25, 0.3) is 11.2 Å². The summed E-state index contributed by atoms with van der Waals surface area (Å²) in [6.07, 6.45) is 5.38. The SMILES string of the molecule is CN1CCCC1Cc1nc2ncccc2[nH]1. The molecule has 0 bridgehead atoms. The molecule has 0 spiro atoms. The van der Waals surface area contributed by atoms with Gasteiger partial charge < -0.3 is 9.88 Å². The first-order valence-corrected chi connectivity index (χ1v) is 5.83. The zero-order valence-corrected chi connectivity index (χ0v) is 9.48. The maximum Gasteiger partial charge on any atom is 0.177 e. The quantitative estimate of drug-likeness (QED) is 0.829. The predicted octanol–water partition coefficient (Wildman–Crippen LogP) is 1.59. The van der Waals surface area contributed by atoms with Crippen LogP contribution in [0.4, 0.5) is 0 Å². The van der Waals surface area contributed by atoms with E-state index in [9.17, 15) is 0 Å². The van der Waals surface area contributed by atoms with Gasteiger partial charge >= 0.3 is 0 Å². The molecule has 2 aromatic rings. The van der Waals surface area contributed by atoms with Crippen molar-refractivity contribution in [3.63, 3.8) is 0 Å². The highest BCUT2D eigenvalue weighted by Crippen LogP contribution is 2.19. The zero-order chi connectivity index (χ0) is 11.0. The van der Waals surface area contributed by atoms with Crippen molar-refractivity contribution in [3.05, 3.63) is 24.2 Å². The van der Waals surface area contributed by atoms with Gasteiger partial charge in [0, 0.05) is 18.7 Å². The van der Waals surface area contributed by atoms with Gasteiger partial charge in [0.25, 0.3) is 0 Å². The number of likely N-dealkylation sites (N-methyl/N-ethyl adjacent to an activating group) is 1. The lowest BCUT2D eigenvalue weighted by atomic mass is 10.1. The summed E-state index contributed by atoms with van der Waals surface area (Å²) < 4.78 is 0. The first-order valence-electron chi connectivity index (χ1n) is 5.83. The summed E-state index contributed by atoms with van der Waals surface area (Å²) in [7, 11) is 2.19. The van der Waals surface area contributed by atoms with Gasteiger partial charge in [-0.1, -0.05) is 0 Å². The van der Waals surface area contributed by atoms with Crippen LogP contribution >= 0.6 is 0 Å². The third kappa shape index (κ3) is 1.69. The lowest BCUT2D eigenvalue weighted by Gasteiger charge is -2.17. The number of nitrogens with zero attached hydrogens (tertiary/aromatic N) is 3. The maximum absolute atomic E-state index is 4.52. The second-order valence-corrected chi connectivity index (χ2v) is 4.54. The highest BCUT2D eigenvalue weighted by Gasteiger charge is 2.22. The Bertz CT molecular complexity index is 457. The zero-order valence-electron chi connectivity index (χ0n) is 9.48. The molecular formula is C12H16N4. The number of H-pyrrole nitrogens is 1. The molecule has 0 amide bonds. The fraction of sp³-hybridized carbons (Fsp3) is 0.500. The Kier molecular flexibility index (Phi) is 2.36. The largest absolute Gasteiger partial charge is 0.341 e. The number of likely N-dealkylation sites (tertiary alicyclic amines) is 1. The molecule has 84 valence electrons. The van der Waals surface area contributed by atoms with Gasteiger partial charge in [-0.05, 0) is 38.6 Å². The minimum Gasteiger partial charge on any atom is -0.341 e. The monoisotopic (exact) mass is 216 g/mol. The lowest BCUT2D eigenvalue weighted by molar-refractivity contribution is 0.306. The van der Waals surface area contributed by atoms with Gasteiger partial charge in [0.15, 0.2) is 5.65 Å². The van der Waals surface area contributed by atoms with Gasteiger partial charge in [-0.2, -0.15) is 0 Å². The molecule has 4 heteroatoms. The van der Waals surface area contributed by atoms with Crippen LogP contribution in [0, 0.1) is 0 Å². The Balaban J connectivity index is 1.83. The van der Waals surface area contributed by atoms with Gasteiger partial charge in [-0.3, -0.25) is 0 Å². The van der Waals surface area contributed by atoms with Gasteiger partial charge in [0.1, 0.15) is 5.82 Å². The van der Waals surface area contributed by atoms with Crippen LogP contribution in [0.5, 0.6) is 0 Å². The summed E-state index contributed by atoms with van der Waals surface area (Å²) in [5.41, 5.74) is 1.87. The minimum absolute atomic E-state index is 0.639. The van der Waals surface area contributed by atoms with E-state index in [4.69, 9.17) is 0 Å². The van der Waals surface area contributed by atoms with Crippen LogP contribution in [0.2, 0.25) is 0 Å². The summed E-state index contributed by atoms with van der Waals surface area (Å²) in [5, 5.41) is 0. The second kappa shape index (κ2) is 3.87. The summed E-state index contributed by atoms with van der Waals surface area (Å²) in [6.45, 7) is 1.21. The Morgan fingerprint density at radius 2 is 2.50 bits per heavy atom. The number of imidazole rings is 1. The molecule has 0 radical (unpaired) electrons. The average Bonchev–Trinajstić information content (AvgIpc) is 2.85. The van der Waals surface area contributed by atoms with Crippen LogP contribution in [0.3, 0.4) is 0 Å². The fourth-order valence-electron chi connectivity index (χ4n) is 2.45. The van der Waals surface area contributed by atoms with Crippen molar-refractivity contribution in [2.24, 2.45) is 0 Å². The number of hydrogen-bond acceptors (Lipinski definition) is 3. The molecule has 1 saturated heterocycles. The molecule has 1 atom stereocenters. The third-order valence-corrected chi connectivity index (χ3v) is 3.41. The van der Waals surface area contributed by atoms with Crippen LogP contribution in [0.1, 0.15) is 18.7 Å². The Morgan fingerprint density at radius 3 is 3.25 bits per heavy atom. The number of hydrogen-bond donors (Lipinski definition) is 1. The van der Waals surface area contributed by atoms with Crippen LogP contribution < -0.4 is 0 Å². The summed E-state index contributed by atoms with van der Waals surface area (Å²) >= 11 is 0. The molecule has 0 saturated carbocycles. The van der Waals surface area contributed by atoms with Crippen molar-refractivity contribution in [2.75, 3.05) is 13.6 Å². The Hall–Kier alpha value is -1.42. The summed E-state index contributed by atoms with van der Waals surface area (Å²) in [5.74, 6) is 1.06. The maximum atomic E-state index is 4.52. The normalized spacial score (nSPS) is 21.9. The number of nitrogens with one attached hydrogen (secondary N) is 1. The Morgan fingerprint density at radius 1 is 1.56 bits per heavy atom. The van der Waals surface area contributed by atoms with E-state index in [1.165, 1.54) is 19.4 Å². The second-order valence-electron chi connectivity index (χ2n) is 4.54. The lowest BCUT2D eigenvalue weighted by Crippen LogP contribution is -2.27. The number of rotatable bonds is 2. The van der Waals surface area contributed by atoms with Gasteiger partial charge in [-0.15, -0.1) is 0 Å². The topological polar surface area (TPSA) is 44.8 Å². The average molecular weight is 216 g/mol. The molecule has 1 N–H and O–H groups in total. The number of aromatic nitrogens is 3. The molecule has 3 rings (SSSR count). The van der Waals surface area contributed by atoms with E-state index in [-0.39, 0.29) is 0 Å². The van der Waals surface area contributed by atoms with Crippen LogP contribution in [0.15, 0.2) is 18.3 Å². The van der Waals surface area contributed by atoms with Gasteiger partial charge in [0.2, 0.25) is 0 Å².